The molecule has 1 N–H and O–H groups in total. The molecule has 0 radical (unpaired) electrons. The van der Waals surface area contributed by atoms with Crippen LogP contribution >= 0.6 is 0 Å². The van der Waals surface area contributed by atoms with Crippen LogP contribution < -0.4 is 10.1 Å². The Bertz CT molecular complexity index is 408. The van der Waals surface area contributed by atoms with Gasteiger partial charge in [-0.1, -0.05) is 25.1 Å². The summed E-state index contributed by atoms with van der Waals surface area (Å²) in [4.78, 5) is 0. The van der Waals surface area contributed by atoms with E-state index in [0.717, 1.165) is 23.5 Å². The van der Waals surface area contributed by atoms with Crippen molar-refractivity contribution in [3.63, 3.8) is 0 Å². The molecule has 0 aliphatic carbocycles. The second-order valence-electron chi connectivity index (χ2n) is 4.34. The maximum atomic E-state index is 11.8. The molecule has 2 rings (SSSR count). The highest BCUT2D eigenvalue weighted by Gasteiger charge is 2.27. The molecule has 0 amide bonds. The van der Waals surface area contributed by atoms with Crippen LogP contribution in [0.3, 0.4) is 0 Å². The largest absolute Gasteiger partial charge is 0.496 e. The summed E-state index contributed by atoms with van der Waals surface area (Å²) >= 11 is 0. The summed E-state index contributed by atoms with van der Waals surface area (Å²) in [5.74, 6) is 2.32. The molecule has 3 nitrogen and oxygen atoms in total. The summed E-state index contributed by atoms with van der Waals surface area (Å²) in [6.07, 6.45) is 1.01. The van der Waals surface area contributed by atoms with Crippen LogP contribution in [0.25, 0.3) is 0 Å². The van der Waals surface area contributed by atoms with Gasteiger partial charge < -0.3 is 10.1 Å². The molecule has 4 heteroatoms. The number of methoxy groups -OCH3 is 1. The van der Waals surface area contributed by atoms with Gasteiger partial charge in [-0.2, -0.15) is 0 Å². The predicted molar refractivity (Wildman–Crippen MR) is 70.8 cm³/mol. The highest BCUT2D eigenvalue weighted by Crippen LogP contribution is 2.28. The van der Waals surface area contributed by atoms with Gasteiger partial charge in [-0.25, -0.2) is 0 Å². The molecule has 1 aliphatic heterocycles. The molecule has 3 atom stereocenters. The van der Waals surface area contributed by atoms with E-state index in [1.165, 1.54) is 0 Å². The molecule has 1 aromatic carbocycles. The maximum Gasteiger partial charge on any atom is 0.123 e. The van der Waals surface area contributed by atoms with Crippen LogP contribution in [0, 0.1) is 0 Å². The van der Waals surface area contributed by atoms with E-state index in [4.69, 9.17) is 4.74 Å². The molecule has 0 aromatic heterocycles. The minimum atomic E-state index is -0.729. The topological polar surface area (TPSA) is 38.3 Å². The first-order valence-corrected chi connectivity index (χ1v) is 7.47. The van der Waals surface area contributed by atoms with Crippen molar-refractivity contribution in [3.8, 4) is 5.75 Å². The van der Waals surface area contributed by atoms with Gasteiger partial charge in [0.25, 0.3) is 0 Å². The number of benzene rings is 1. The highest BCUT2D eigenvalue weighted by molar-refractivity contribution is 7.85. The summed E-state index contributed by atoms with van der Waals surface area (Å²) in [5, 5.41) is 3.55. The van der Waals surface area contributed by atoms with Crippen molar-refractivity contribution in [1.82, 2.24) is 5.32 Å². The van der Waals surface area contributed by atoms with Gasteiger partial charge >= 0.3 is 0 Å². The summed E-state index contributed by atoms with van der Waals surface area (Å²) in [6.45, 7) is 2.12. The van der Waals surface area contributed by atoms with Gasteiger partial charge in [0.1, 0.15) is 5.75 Å². The molecule has 1 heterocycles. The third-order valence-electron chi connectivity index (χ3n) is 3.18. The number of rotatable bonds is 3. The molecular weight excluding hydrogens is 234 g/mol. The average Bonchev–Trinajstić information content (AvgIpc) is 2.37. The average molecular weight is 253 g/mol. The summed E-state index contributed by atoms with van der Waals surface area (Å²) < 4.78 is 17.2. The third-order valence-corrected chi connectivity index (χ3v) is 4.66. The third kappa shape index (κ3) is 2.87. The van der Waals surface area contributed by atoms with E-state index in [2.05, 4.69) is 12.2 Å². The van der Waals surface area contributed by atoms with E-state index in [-0.39, 0.29) is 6.04 Å². The lowest BCUT2D eigenvalue weighted by atomic mass is 10.1. The molecule has 0 spiro atoms. The van der Waals surface area contributed by atoms with Crippen molar-refractivity contribution in [2.24, 2.45) is 0 Å². The van der Waals surface area contributed by atoms with E-state index in [0.29, 0.717) is 11.8 Å². The number of nitrogens with one attached hydrogen (secondary N) is 1. The Morgan fingerprint density at radius 3 is 2.88 bits per heavy atom. The molecule has 1 fully saturated rings. The Hall–Kier alpha value is -0.870. The maximum absolute atomic E-state index is 11.8. The van der Waals surface area contributed by atoms with Crippen molar-refractivity contribution in [1.29, 1.82) is 0 Å². The Balaban J connectivity index is 2.23. The van der Waals surface area contributed by atoms with E-state index in [9.17, 15) is 4.21 Å². The first kappa shape index (κ1) is 12.6. The van der Waals surface area contributed by atoms with Crippen LogP contribution in [0.5, 0.6) is 5.75 Å². The Kier molecular flexibility index (Phi) is 4.18. The van der Waals surface area contributed by atoms with Crippen LogP contribution in [-0.2, 0) is 10.8 Å². The van der Waals surface area contributed by atoms with Gasteiger partial charge in [0.05, 0.1) is 7.11 Å². The molecular formula is C13H19NO2S. The van der Waals surface area contributed by atoms with Gasteiger partial charge in [0, 0.05) is 40.0 Å². The van der Waals surface area contributed by atoms with E-state index in [1.807, 2.05) is 24.3 Å². The number of hydrogen-bond acceptors (Lipinski definition) is 3. The Morgan fingerprint density at radius 2 is 2.18 bits per heavy atom. The van der Waals surface area contributed by atoms with Crippen molar-refractivity contribution < 1.29 is 8.95 Å². The fourth-order valence-electron chi connectivity index (χ4n) is 2.23. The first-order chi connectivity index (χ1) is 8.24. The molecule has 17 heavy (non-hydrogen) atoms. The molecule has 0 saturated carbocycles. The zero-order valence-electron chi connectivity index (χ0n) is 10.3. The second-order valence-corrected chi connectivity index (χ2v) is 5.89. The zero-order chi connectivity index (χ0) is 12.3. The smallest absolute Gasteiger partial charge is 0.123 e. The molecule has 0 bridgehead atoms. The molecule has 1 aliphatic rings. The molecule has 1 aromatic rings. The fourth-order valence-corrected chi connectivity index (χ4v) is 3.79. The lowest BCUT2D eigenvalue weighted by Crippen LogP contribution is -2.44. The highest BCUT2D eigenvalue weighted by atomic mass is 32.2. The van der Waals surface area contributed by atoms with Crippen LogP contribution in [0.2, 0.25) is 0 Å². The van der Waals surface area contributed by atoms with Gasteiger partial charge in [-0.05, 0) is 12.5 Å². The van der Waals surface area contributed by atoms with Crippen molar-refractivity contribution in [3.05, 3.63) is 29.8 Å². The second kappa shape index (κ2) is 5.65. The first-order valence-electron chi connectivity index (χ1n) is 5.98. The molecule has 3 unspecified atom stereocenters. The normalized spacial score (nSPS) is 28.9. The number of ether oxygens (including phenoxy) is 1. The van der Waals surface area contributed by atoms with Gasteiger partial charge in [0.2, 0.25) is 0 Å². The van der Waals surface area contributed by atoms with E-state index < -0.39 is 10.8 Å². The molecule has 1 saturated heterocycles. The van der Waals surface area contributed by atoms with Crippen LogP contribution in [0.15, 0.2) is 24.3 Å². The monoisotopic (exact) mass is 253 g/mol. The minimum Gasteiger partial charge on any atom is -0.496 e. The van der Waals surface area contributed by atoms with Crippen LogP contribution in [-0.4, -0.2) is 28.9 Å². The summed E-state index contributed by atoms with van der Waals surface area (Å²) in [5.41, 5.74) is 1.11. The van der Waals surface area contributed by atoms with Gasteiger partial charge in [-0.15, -0.1) is 0 Å². The standard InChI is InChI=1S/C13H19NO2S/c1-3-10-8-17(15)9-12(14-10)11-6-4-5-7-13(11)16-2/h4-7,10,12,14H,3,8-9H2,1-2H3. The van der Waals surface area contributed by atoms with Crippen molar-refractivity contribution in [2.75, 3.05) is 18.6 Å². The zero-order valence-corrected chi connectivity index (χ0v) is 11.1. The minimum absolute atomic E-state index is 0.144. The van der Waals surface area contributed by atoms with Crippen LogP contribution in [0.1, 0.15) is 24.9 Å². The van der Waals surface area contributed by atoms with E-state index >= 15 is 0 Å². The Morgan fingerprint density at radius 1 is 1.41 bits per heavy atom. The van der Waals surface area contributed by atoms with Crippen molar-refractivity contribution in [2.45, 2.75) is 25.4 Å². The fraction of sp³-hybridized carbons (Fsp3) is 0.538. The van der Waals surface area contributed by atoms with Crippen LogP contribution in [0.4, 0.5) is 0 Å². The van der Waals surface area contributed by atoms with Gasteiger partial charge in [0.15, 0.2) is 0 Å². The predicted octanol–water partition coefficient (Wildman–Crippen LogP) is 1.87. The lowest BCUT2D eigenvalue weighted by molar-refractivity contribution is 0.392. The SMILES string of the molecule is CCC1CS(=O)CC(c2ccccc2OC)N1. The quantitative estimate of drug-likeness (QED) is 0.893. The number of hydrogen-bond donors (Lipinski definition) is 1. The van der Waals surface area contributed by atoms with Gasteiger partial charge in [-0.3, -0.25) is 4.21 Å². The Labute approximate surface area is 105 Å². The van der Waals surface area contributed by atoms with Crippen molar-refractivity contribution >= 4 is 10.8 Å². The summed E-state index contributed by atoms with van der Waals surface area (Å²) in [6, 6.07) is 8.45. The summed E-state index contributed by atoms with van der Waals surface area (Å²) in [7, 11) is 0.947. The number of para-hydroxylation sites is 1. The lowest BCUT2D eigenvalue weighted by Gasteiger charge is -2.31. The molecule has 94 valence electrons. The van der Waals surface area contributed by atoms with E-state index in [1.54, 1.807) is 7.11 Å².